The van der Waals surface area contributed by atoms with E-state index in [1.165, 1.54) is 0 Å². The summed E-state index contributed by atoms with van der Waals surface area (Å²) in [5.41, 5.74) is 0. The zero-order chi connectivity index (χ0) is 10.5. The maximum Gasteiger partial charge on any atom is 0.184 e. The zero-order valence-electron chi connectivity index (χ0n) is 9.06. The molecule has 0 radical (unpaired) electrons. The Balaban J connectivity index is 2.18. The molecule has 2 rings (SSSR count). The van der Waals surface area contributed by atoms with Gasteiger partial charge in [-0.15, -0.1) is 0 Å². The second kappa shape index (κ2) is 3.17. The Morgan fingerprint density at radius 3 is 2.29 bits per heavy atom. The maximum atomic E-state index is 9.67. The molecule has 0 amide bonds. The molecular formula is C10H18O4. The summed E-state index contributed by atoms with van der Waals surface area (Å²) < 4.78 is 16.7. The Morgan fingerprint density at radius 1 is 1.07 bits per heavy atom. The molecule has 0 aromatic heterocycles. The number of rotatable bonds is 0. The molecule has 5 atom stereocenters. The maximum absolute atomic E-state index is 9.67. The van der Waals surface area contributed by atoms with Crippen LogP contribution in [-0.2, 0) is 14.2 Å². The molecule has 4 heteroatoms. The van der Waals surface area contributed by atoms with E-state index < -0.39 is 12.1 Å². The van der Waals surface area contributed by atoms with Crippen LogP contribution in [0.15, 0.2) is 0 Å². The van der Waals surface area contributed by atoms with E-state index in [0.29, 0.717) is 0 Å². The molecule has 0 aromatic carbocycles. The van der Waals surface area contributed by atoms with Gasteiger partial charge in [0, 0.05) is 5.92 Å². The van der Waals surface area contributed by atoms with Crippen LogP contribution in [0.5, 0.6) is 0 Å². The van der Waals surface area contributed by atoms with Crippen LogP contribution >= 0.6 is 0 Å². The molecule has 2 heterocycles. The number of fused-ring (bicyclic) bond motifs is 1. The lowest BCUT2D eigenvalue weighted by atomic mass is 9.92. The first-order valence-corrected chi connectivity index (χ1v) is 5.10. The predicted molar refractivity (Wildman–Crippen MR) is 49.5 cm³/mol. The summed E-state index contributed by atoms with van der Waals surface area (Å²) in [6.07, 6.45) is -1.28. The first kappa shape index (κ1) is 10.4. The zero-order valence-corrected chi connectivity index (χ0v) is 9.06. The van der Waals surface area contributed by atoms with E-state index in [4.69, 9.17) is 14.2 Å². The molecule has 2 aliphatic heterocycles. The van der Waals surface area contributed by atoms with Crippen molar-refractivity contribution in [1.82, 2.24) is 0 Å². The third-order valence-corrected chi connectivity index (χ3v) is 3.06. The number of hydrogen-bond acceptors (Lipinski definition) is 4. The molecule has 82 valence electrons. The minimum atomic E-state index is -0.868. The van der Waals surface area contributed by atoms with Gasteiger partial charge in [0.05, 0.1) is 12.2 Å². The smallest absolute Gasteiger partial charge is 0.184 e. The van der Waals surface area contributed by atoms with Crippen LogP contribution in [0.4, 0.5) is 0 Å². The van der Waals surface area contributed by atoms with Crippen LogP contribution in [0.2, 0.25) is 0 Å². The van der Waals surface area contributed by atoms with E-state index >= 15 is 0 Å². The summed E-state index contributed by atoms with van der Waals surface area (Å²) in [6.45, 7) is 7.71. The van der Waals surface area contributed by atoms with Gasteiger partial charge in [-0.25, -0.2) is 0 Å². The first-order valence-electron chi connectivity index (χ1n) is 5.10. The molecule has 2 saturated heterocycles. The summed E-state index contributed by atoms with van der Waals surface area (Å²) >= 11 is 0. The molecule has 2 unspecified atom stereocenters. The Kier molecular flexibility index (Phi) is 2.34. The molecule has 14 heavy (non-hydrogen) atoms. The molecular weight excluding hydrogens is 184 g/mol. The van der Waals surface area contributed by atoms with Crippen molar-refractivity contribution < 1.29 is 19.3 Å². The van der Waals surface area contributed by atoms with Crippen molar-refractivity contribution in [2.75, 3.05) is 0 Å². The van der Waals surface area contributed by atoms with Gasteiger partial charge in [0.1, 0.15) is 6.10 Å². The van der Waals surface area contributed by atoms with Crippen LogP contribution in [0.25, 0.3) is 0 Å². The van der Waals surface area contributed by atoms with Crippen molar-refractivity contribution in [2.24, 2.45) is 5.92 Å². The summed E-state index contributed by atoms with van der Waals surface area (Å²) in [7, 11) is 0. The Hall–Kier alpha value is -0.160. The quantitative estimate of drug-likeness (QED) is 0.633. The van der Waals surface area contributed by atoms with Crippen molar-refractivity contribution in [3.63, 3.8) is 0 Å². The van der Waals surface area contributed by atoms with Crippen molar-refractivity contribution in [3.8, 4) is 0 Å². The Morgan fingerprint density at radius 2 is 1.64 bits per heavy atom. The fourth-order valence-corrected chi connectivity index (χ4v) is 2.13. The van der Waals surface area contributed by atoms with Crippen LogP contribution in [0.1, 0.15) is 27.7 Å². The Labute approximate surface area is 84.1 Å². The fraction of sp³-hybridized carbons (Fsp3) is 1.00. The molecule has 2 fully saturated rings. The highest BCUT2D eigenvalue weighted by Crippen LogP contribution is 2.39. The SMILES string of the molecule is CC1O[C@@H](O)C2OC(C)(C)O[C@@H]2[C@H]1C. The molecule has 1 N–H and O–H groups in total. The lowest BCUT2D eigenvalue weighted by Crippen LogP contribution is -2.50. The highest BCUT2D eigenvalue weighted by molar-refractivity contribution is 4.92. The van der Waals surface area contributed by atoms with E-state index in [1.54, 1.807) is 0 Å². The molecule has 0 aliphatic carbocycles. The molecule has 2 aliphatic rings. The lowest BCUT2D eigenvalue weighted by Gasteiger charge is -2.37. The largest absolute Gasteiger partial charge is 0.366 e. The van der Waals surface area contributed by atoms with Gasteiger partial charge in [0.25, 0.3) is 0 Å². The summed E-state index contributed by atoms with van der Waals surface area (Å²) in [5, 5.41) is 9.67. The van der Waals surface area contributed by atoms with Gasteiger partial charge in [-0.2, -0.15) is 0 Å². The monoisotopic (exact) mass is 202 g/mol. The van der Waals surface area contributed by atoms with Gasteiger partial charge in [-0.3, -0.25) is 0 Å². The normalized spacial score (nSPS) is 51.6. The summed E-state index contributed by atoms with van der Waals surface area (Å²) in [4.78, 5) is 0. The standard InChI is InChI=1S/C10H18O4/c1-5-6(2)12-9(11)8-7(5)13-10(3,4)14-8/h5-9,11H,1-4H3/t5-,6?,7+,8?,9+/m0/s1. The van der Waals surface area contributed by atoms with E-state index in [0.717, 1.165) is 0 Å². The van der Waals surface area contributed by atoms with Gasteiger partial charge < -0.3 is 19.3 Å². The molecule has 0 aromatic rings. The Bertz CT molecular complexity index is 228. The van der Waals surface area contributed by atoms with Crippen LogP contribution in [0.3, 0.4) is 0 Å². The van der Waals surface area contributed by atoms with Crippen molar-refractivity contribution in [2.45, 2.75) is 58.1 Å². The lowest BCUT2D eigenvalue weighted by molar-refractivity contribution is -0.238. The topological polar surface area (TPSA) is 47.9 Å². The third-order valence-electron chi connectivity index (χ3n) is 3.06. The van der Waals surface area contributed by atoms with Crippen LogP contribution in [-0.4, -0.2) is 35.5 Å². The van der Waals surface area contributed by atoms with Gasteiger partial charge in [-0.1, -0.05) is 6.92 Å². The van der Waals surface area contributed by atoms with Gasteiger partial charge in [0.15, 0.2) is 12.1 Å². The van der Waals surface area contributed by atoms with E-state index in [2.05, 4.69) is 6.92 Å². The predicted octanol–water partition coefficient (Wildman–Crippen LogP) is 0.880. The van der Waals surface area contributed by atoms with Crippen LogP contribution in [0, 0.1) is 5.92 Å². The third kappa shape index (κ3) is 1.56. The van der Waals surface area contributed by atoms with Crippen LogP contribution < -0.4 is 0 Å². The highest BCUT2D eigenvalue weighted by Gasteiger charge is 2.52. The average molecular weight is 202 g/mol. The highest BCUT2D eigenvalue weighted by atomic mass is 16.8. The minimum absolute atomic E-state index is 0.00347. The summed E-state index contributed by atoms with van der Waals surface area (Å²) in [5.74, 6) is -0.372. The van der Waals surface area contributed by atoms with Crippen molar-refractivity contribution in [1.29, 1.82) is 0 Å². The fourth-order valence-electron chi connectivity index (χ4n) is 2.13. The molecule has 0 bridgehead atoms. The second-order valence-corrected chi connectivity index (χ2v) is 4.66. The van der Waals surface area contributed by atoms with E-state index in [1.807, 2.05) is 20.8 Å². The second-order valence-electron chi connectivity index (χ2n) is 4.66. The van der Waals surface area contributed by atoms with Crippen molar-refractivity contribution in [3.05, 3.63) is 0 Å². The number of hydrogen-bond donors (Lipinski definition) is 1. The minimum Gasteiger partial charge on any atom is -0.366 e. The summed E-state index contributed by atoms with van der Waals surface area (Å²) in [6, 6.07) is 0. The molecule has 0 saturated carbocycles. The van der Waals surface area contributed by atoms with Gasteiger partial charge in [0.2, 0.25) is 0 Å². The average Bonchev–Trinajstić information content (AvgIpc) is 2.38. The van der Waals surface area contributed by atoms with Crippen molar-refractivity contribution >= 4 is 0 Å². The number of aliphatic hydroxyl groups is 1. The van der Waals surface area contributed by atoms with E-state index in [9.17, 15) is 5.11 Å². The first-order chi connectivity index (χ1) is 6.41. The number of ether oxygens (including phenoxy) is 3. The van der Waals surface area contributed by atoms with Gasteiger partial charge in [-0.05, 0) is 20.8 Å². The van der Waals surface area contributed by atoms with E-state index in [-0.39, 0.29) is 24.2 Å². The van der Waals surface area contributed by atoms with Gasteiger partial charge >= 0.3 is 0 Å². The number of aliphatic hydroxyl groups excluding tert-OH is 1. The molecule has 0 spiro atoms. The molecule has 4 nitrogen and oxygen atoms in total.